The molecule has 2 aromatic rings. The highest BCUT2D eigenvalue weighted by Crippen LogP contribution is 2.32. The quantitative estimate of drug-likeness (QED) is 0.896. The largest absolute Gasteiger partial charge is 0.352 e. The summed E-state index contributed by atoms with van der Waals surface area (Å²) in [5, 5.41) is 15.1. The van der Waals surface area contributed by atoms with Gasteiger partial charge in [0.25, 0.3) is 0 Å². The Kier molecular flexibility index (Phi) is 4.01. The molecule has 1 N–H and O–H groups in total. The molecule has 3 rings (SSSR count). The molecule has 1 aromatic heterocycles. The van der Waals surface area contributed by atoms with Gasteiger partial charge in [-0.05, 0) is 55.2 Å². The molecule has 110 valence electrons. The first kappa shape index (κ1) is 14.2. The number of benzene rings is 1. The molecule has 0 bridgehead atoms. The van der Waals surface area contributed by atoms with Gasteiger partial charge in [0.15, 0.2) is 0 Å². The molecule has 1 aliphatic carbocycles. The van der Waals surface area contributed by atoms with Gasteiger partial charge in [-0.3, -0.25) is 4.79 Å². The smallest absolute Gasteiger partial charge is 0.243 e. The van der Waals surface area contributed by atoms with Crippen molar-refractivity contribution in [2.24, 2.45) is 5.92 Å². The predicted molar refractivity (Wildman–Crippen MR) is 81.3 cm³/mol. The fraction of sp³-hybridized carbons (Fsp3) is 0.429. The van der Waals surface area contributed by atoms with Crippen molar-refractivity contribution in [1.82, 2.24) is 25.5 Å². The zero-order valence-electron chi connectivity index (χ0n) is 11.7. The lowest BCUT2D eigenvalue weighted by Crippen LogP contribution is -2.36. The van der Waals surface area contributed by atoms with E-state index in [-0.39, 0.29) is 18.5 Å². The van der Waals surface area contributed by atoms with Crippen LogP contribution in [-0.4, -0.2) is 32.2 Å². The Bertz CT molecular complexity index is 635. The highest BCUT2D eigenvalue weighted by molar-refractivity contribution is 9.10. The maximum absolute atomic E-state index is 11.9. The third kappa shape index (κ3) is 3.66. The summed E-state index contributed by atoms with van der Waals surface area (Å²) >= 11 is 3.38. The minimum absolute atomic E-state index is 0.0749. The summed E-state index contributed by atoms with van der Waals surface area (Å²) in [7, 11) is 0. The Labute approximate surface area is 131 Å². The molecule has 1 fully saturated rings. The molecule has 1 saturated carbocycles. The Morgan fingerprint density at radius 1 is 1.43 bits per heavy atom. The summed E-state index contributed by atoms with van der Waals surface area (Å²) in [5.74, 6) is 1.08. The van der Waals surface area contributed by atoms with E-state index in [9.17, 15) is 4.79 Å². The first-order valence-corrected chi connectivity index (χ1v) is 7.74. The molecule has 1 atom stereocenters. The number of aromatic nitrogens is 4. The molecule has 0 radical (unpaired) electrons. The third-order valence-electron chi connectivity index (χ3n) is 3.56. The Morgan fingerprint density at radius 2 is 2.14 bits per heavy atom. The van der Waals surface area contributed by atoms with Gasteiger partial charge in [-0.1, -0.05) is 15.9 Å². The van der Waals surface area contributed by atoms with Crippen LogP contribution in [0.2, 0.25) is 0 Å². The molecule has 0 spiro atoms. The van der Waals surface area contributed by atoms with Gasteiger partial charge in [0.1, 0.15) is 6.54 Å². The summed E-state index contributed by atoms with van der Waals surface area (Å²) in [4.78, 5) is 13.2. The van der Waals surface area contributed by atoms with Gasteiger partial charge < -0.3 is 5.32 Å². The number of rotatable bonds is 5. The van der Waals surface area contributed by atoms with Crippen molar-refractivity contribution in [3.8, 4) is 11.4 Å². The molecule has 1 aromatic carbocycles. The molecule has 6 nitrogen and oxygen atoms in total. The second-order valence-electron chi connectivity index (χ2n) is 5.34. The molecular formula is C14H16BrN5O. The van der Waals surface area contributed by atoms with Crippen LogP contribution in [0.25, 0.3) is 11.4 Å². The predicted octanol–water partition coefficient (Wildman–Crippen LogP) is 2.02. The number of amides is 1. The average molecular weight is 350 g/mol. The second kappa shape index (κ2) is 5.93. The van der Waals surface area contributed by atoms with Crippen LogP contribution in [0.5, 0.6) is 0 Å². The topological polar surface area (TPSA) is 72.7 Å². The van der Waals surface area contributed by atoms with Gasteiger partial charge in [-0.2, -0.15) is 4.80 Å². The highest BCUT2D eigenvalue weighted by atomic mass is 79.9. The average Bonchev–Trinajstić information content (AvgIpc) is 3.21. The molecule has 1 heterocycles. The fourth-order valence-electron chi connectivity index (χ4n) is 2.17. The van der Waals surface area contributed by atoms with Gasteiger partial charge >= 0.3 is 0 Å². The Balaban J connectivity index is 1.61. The van der Waals surface area contributed by atoms with E-state index in [2.05, 4.69) is 36.7 Å². The van der Waals surface area contributed by atoms with Crippen LogP contribution in [0.15, 0.2) is 28.7 Å². The monoisotopic (exact) mass is 349 g/mol. The van der Waals surface area contributed by atoms with E-state index in [4.69, 9.17) is 0 Å². The summed E-state index contributed by atoms with van der Waals surface area (Å²) < 4.78 is 0.993. The summed E-state index contributed by atoms with van der Waals surface area (Å²) in [6, 6.07) is 7.87. The van der Waals surface area contributed by atoms with Crippen molar-refractivity contribution < 1.29 is 4.79 Å². The van der Waals surface area contributed by atoms with Crippen molar-refractivity contribution in [2.75, 3.05) is 0 Å². The van der Waals surface area contributed by atoms with Crippen LogP contribution in [0.1, 0.15) is 19.8 Å². The third-order valence-corrected chi connectivity index (χ3v) is 4.09. The lowest BCUT2D eigenvalue weighted by Gasteiger charge is -2.11. The number of tetrazole rings is 1. The minimum Gasteiger partial charge on any atom is -0.352 e. The van der Waals surface area contributed by atoms with Crippen LogP contribution in [-0.2, 0) is 11.3 Å². The Morgan fingerprint density at radius 3 is 2.81 bits per heavy atom. The van der Waals surface area contributed by atoms with E-state index >= 15 is 0 Å². The zero-order valence-corrected chi connectivity index (χ0v) is 13.2. The first-order valence-electron chi connectivity index (χ1n) is 6.95. The molecule has 1 aliphatic rings. The number of nitrogens with zero attached hydrogens (tertiary/aromatic N) is 4. The van der Waals surface area contributed by atoms with Crippen molar-refractivity contribution >= 4 is 21.8 Å². The van der Waals surface area contributed by atoms with Crippen LogP contribution < -0.4 is 5.32 Å². The summed E-state index contributed by atoms with van der Waals surface area (Å²) in [6.45, 7) is 2.14. The van der Waals surface area contributed by atoms with Crippen LogP contribution >= 0.6 is 15.9 Å². The van der Waals surface area contributed by atoms with Gasteiger partial charge in [0, 0.05) is 16.1 Å². The lowest BCUT2D eigenvalue weighted by atomic mass is 10.2. The number of nitrogens with one attached hydrogen (secondary N) is 1. The SMILES string of the molecule is CC(NC(=O)Cn1nnc(-c2ccc(Br)cc2)n1)C1CC1. The van der Waals surface area contributed by atoms with E-state index in [0.717, 1.165) is 10.0 Å². The Hall–Kier alpha value is -1.76. The van der Waals surface area contributed by atoms with Crippen LogP contribution in [0, 0.1) is 5.92 Å². The van der Waals surface area contributed by atoms with Crippen molar-refractivity contribution in [1.29, 1.82) is 0 Å². The fourth-order valence-corrected chi connectivity index (χ4v) is 2.43. The van der Waals surface area contributed by atoms with Gasteiger partial charge in [0.2, 0.25) is 11.7 Å². The van der Waals surface area contributed by atoms with Gasteiger partial charge in [-0.25, -0.2) is 0 Å². The van der Waals surface area contributed by atoms with Crippen LogP contribution in [0.3, 0.4) is 0 Å². The van der Waals surface area contributed by atoms with E-state index in [0.29, 0.717) is 11.7 Å². The molecule has 1 amide bonds. The standard InChI is InChI=1S/C14H16BrN5O/c1-9(10-2-3-10)16-13(21)8-20-18-14(17-19-20)11-4-6-12(15)7-5-11/h4-7,9-10H,2-3,8H2,1H3,(H,16,21). The lowest BCUT2D eigenvalue weighted by molar-refractivity contribution is -0.122. The van der Waals surface area contributed by atoms with Crippen molar-refractivity contribution in [2.45, 2.75) is 32.4 Å². The normalized spacial score (nSPS) is 15.7. The van der Waals surface area contributed by atoms with Gasteiger partial charge in [-0.15, -0.1) is 10.2 Å². The van der Waals surface area contributed by atoms with Gasteiger partial charge in [0.05, 0.1) is 0 Å². The van der Waals surface area contributed by atoms with E-state index in [1.165, 1.54) is 17.6 Å². The number of carbonyl (C=O) groups is 1. The molecule has 1 unspecified atom stereocenters. The maximum Gasteiger partial charge on any atom is 0.243 e. The van der Waals surface area contributed by atoms with E-state index < -0.39 is 0 Å². The highest BCUT2D eigenvalue weighted by Gasteiger charge is 2.28. The van der Waals surface area contributed by atoms with E-state index in [1.54, 1.807) is 0 Å². The molecule has 0 aliphatic heterocycles. The number of hydrogen-bond acceptors (Lipinski definition) is 4. The number of carbonyl (C=O) groups excluding carboxylic acids is 1. The molecule has 0 saturated heterocycles. The molecule has 21 heavy (non-hydrogen) atoms. The second-order valence-corrected chi connectivity index (χ2v) is 6.26. The van der Waals surface area contributed by atoms with Crippen molar-refractivity contribution in [3.05, 3.63) is 28.7 Å². The summed E-state index contributed by atoms with van der Waals surface area (Å²) in [5.41, 5.74) is 0.871. The van der Waals surface area contributed by atoms with Crippen LogP contribution in [0.4, 0.5) is 0 Å². The maximum atomic E-state index is 11.9. The molecule has 7 heteroatoms. The molecular weight excluding hydrogens is 334 g/mol. The zero-order chi connectivity index (χ0) is 14.8. The first-order chi connectivity index (χ1) is 10.1. The minimum atomic E-state index is -0.0749. The number of halogens is 1. The van der Waals surface area contributed by atoms with Crippen molar-refractivity contribution in [3.63, 3.8) is 0 Å². The summed E-state index contributed by atoms with van der Waals surface area (Å²) in [6.07, 6.45) is 2.41. The number of hydrogen-bond donors (Lipinski definition) is 1. The van der Waals surface area contributed by atoms with E-state index in [1.807, 2.05) is 31.2 Å².